The summed E-state index contributed by atoms with van der Waals surface area (Å²) in [5, 5.41) is 12.9. The predicted molar refractivity (Wildman–Crippen MR) is 54.9 cm³/mol. The number of hydrogen-bond donors (Lipinski definition) is 2. The molecule has 2 rings (SSSR count). The van der Waals surface area contributed by atoms with Gasteiger partial charge in [0.2, 0.25) is 0 Å². The summed E-state index contributed by atoms with van der Waals surface area (Å²) in [5.74, 6) is 0.357. The van der Waals surface area contributed by atoms with E-state index in [-0.39, 0.29) is 0 Å². The third kappa shape index (κ3) is 1.39. The molecule has 1 aliphatic heterocycles. The Morgan fingerprint density at radius 3 is 3.08 bits per heavy atom. The third-order valence-electron chi connectivity index (χ3n) is 2.39. The Morgan fingerprint density at radius 1 is 1.46 bits per heavy atom. The van der Waals surface area contributed by atoms with E-state index in [1.165, 1.54) is 5.57 Å². The van der Waals surface area contributed by atoms with Crippen LogP contribution in [0.1, 0.15) is 18.9 Å². The predicted octanol–water partition coefficient (Wildman–Crippen LogP) is 2.61. The number of phenols is 1. The summed E-state index contributed by atoms with van der Waals surface area (Å²) in [4.78, 5) is 0. The lowest BCUT2D eigenvalue weighted by Gasteiger charge is -2.18. The molecule has 68 valence electrons. The first-order chi connectivity index (χ1) is 6.31. The second-order valence-corrected chi connectivity index (χ2v) is 3.25. The normalized spacial score (nSPS) is 14.4. The van der Waals surface area contributed by atoms with Crippen molar-refractivity contribution >= 4 is 11.8 Å². The van der Waals surface area contributed by atoms with E-state index in [4.69, 9.17) is 0 Å². The summed E-state index contributed by atoms with van der Waals surface area (Å²) in [7, 11) is 0. The van der Waals surface area contributed by atoms with Gasteiger partial charge in [-0.25, -0.2) is 0 Å². The number of phenolic OH excluding ortho intramolecular Hbond substituents is 1. The second kappa shape index (κ2) is 3.13. The van der Waals surface area contributed by atoms with Gasteiger partial charge in [-0.15, -0.1) is 0 Å². The SMILES string of the molecule is CCC1=Cc2c(O)cccc2NC1. The molecule has 2 N–H and O–H groups in total. The summed E-state index contributed by atoms with van der Waals surface area (Å²) >= 11 is 0. The number of rotatable bonds is 1. The smallest absolute Gasteiger partial charge is 0.124 e. The lowest BCUT2D eigenvalue weighted by atomic mass is 10.0. The van der Waals surface area contributed by atoms with Crippen LogP contribution in [0, 0.1) is 0 Å². The van der Waals surface area contributed by atoms with Crippen LogP contribution in [-0.4, -0.2) is 11.7 Å². The van der Waals surface area contributed by atoms with Crippen LogP contribution in [0.25, 0.3) is 6.08 Å². The largest absolute Gasteiger partial charge is 0.507 e. The van der Waals surface area contributed by atoms with Gasteiger partial charge in [-0.05, 0) is 24.6 Å². The molecule has 1 aliphatic rings. The number of aromatic hydroxyl groups is 1. The molecular formula is C11H13NO. The molecule has 0 unspecified atom stereocenters. The van der Waals surface area contributed by atoms with Crippen LogP contribution in [0.2, 0.25) is 0 Å². The van der Waals surface area contributed by atoms with Crippen molar-refractivity contribution in [3.8, 4) is 5.75 Å². The number of anilines is 1. The highest BCUT2D eigenvalue weighted by molar-refractivity contribution is 5.76. The Morgan fingerprint density at radius 2 is 2.31 bits per heavy atom. The number of nitrogens with one attached hydrogen (secondary N) is 1. The number of benzene rings is 1. The summed E-state index contributed by atoms with van der Waals surface area (Å²) in [5.41, 5.74) is 3.27. The van der Waals surface area contributed by atoms with Gasteiger partial charge in [-0.2, -0.15) is 0 Å². The Labute approximate surface area is 77.9 Å². The maximum absolute atomic E-state index is 9.59. The van der Waals surface area contributed by atoms with Gasteiger partial charge >= 0.3 is 0 Å². The standard InChI is InChI=1S/C11H13NO/c1-2-8-6-9-10(12-7-8)4-3-5-11(9)13/h3-6,12-13H,2,7H2,1H3. The third-order valence-corrected chi connectivity index (χ3v) is 2.39. The Kier molecular flexibility index (Phi) is 1.97. The average molecular weight is 175 g/mol. The van der Waals surface area contributed by atoms with Gasteiger partial charge in [0.15, 0.2) is 0 Å². The van der Waals surface area contributed by atoms with Crippen molar-refractivity contribution in [1.29, 1.82) is 0 Å². The summed E-state index contributed by atoms with van der Waals surface area (Å²) < 4.78 is 0. The molecule has 0 aromatic heterocycles. The fraction of sp³-hybridized carbons (Fsp3) is 0.273. The molecule has 0 radical (unpaired) electrons. The van der Waals surface area contributed by atoms with Gasteiger partial charge in [-0.1, -0.05) is 18.6 Å². The molecule has 2 heteroatoms. The van der Waals surface area contributed by atoms with E-state index in [1.54, 1.807) is 6.07 Å². The highest BCUT2D eigenvalue weighted by atomic mass is 16.3. The molecule has 1 aromatic rings. The van der Waals surface area contributed by atoms with Gasteiger partial charge in [0, 0.05) is 17.8 Å². The van der Waals surface area contributed by atoms with Crippen LogP contribution in [0.15, 0.2) is 23.8 Å². The molecule has 13 heavy (non-hydrogen) atoms. The van der Waals surface area contributed by atoms with E-state index >= 15 is 0 Å². The van der Waals surface area contributed by atoms with Crippen molar-refractivity contribution in [2.75, 3.05) is 11.9 Å². The Hall–Kier alpha value is -1.44. The van der Waals surface area contributed by atoms with Crippen LogP contribution in [0.4, 0.5) is 5.69 Å². The van der Waals surface area contributed by atoms with E-state index in [1.807, 2.05) is 12.1 Å². The maximum atomic E-state index is 9.59. The molecule has 0 bridgehead atoms. The van der Waals surface area contributed by atoms with Crippen molar-refractivity contribution < 1.29 is 5.11 Å². The van der Waals surface area contributed by atoms with Crippen molar-refractivity contribution in [1.82, 2.24) is 0 Å². The summed E-state index contributed by atoms with van der Waals surface area (Å²) in [6, 6.07) is 5.56. The minimum Gasteiger partial charge on any atom is -0.507 e. The number of hydrogen-bond acceptors (Lipinski definition) is 2. The zero-order chi connectivity index (χ0) is 9.26. The topological polar surface area (TPSA) is 32.3 Å². The lowest BCUT2D eigenvalue weighted by molar-refractivity contribution is 0.474. The van der Waals surface area contributed by atoms with Crippen LogP contribution in [0.3, 0.4) is 0 Å². The first-order valence-electron chi connectivity index (χ1n) is 4.56. The number of fused-ring (bicyclic) bond motifs is 1. The van der Waals surface area contributed by atoms with Gasteiger partial charge < -0.3 is 10.4 Å². The summed E-state index contributed by atoms with van der Waals surface area (Å²) in [6.45, 7) is 3.02. The average Bonchev–Trinajstić information content (AvgIpc) is 2.18. The van der Waals surface area contributed by atoms with Crippen LogP contribution in [0.5, 0.6) is 5.75 Å². The van der Waals surface area contributed by atoms with E-state index in [0.717, 1.165) is 24.2 Å². The fourth-order valence-corrected chi connectivity index (χ4v) is 1.55. The molecule has 1 heterocycles. The van der Waals surface area contributed by atoms with E-state index < -0.39 is 0 Å². The molecule has 0 amide bonds. The zero-order valence-corrected chi connectivity index (χ0v) is 7.67. The maximum Gasteiger partial charge on any atom is 0.124 e. The van der Waals surface area contributed by atoms with Crippen LogP contribution < -0.4 is 5.32 Å². The zero-order valence-electron chi connectivity index (χ0n) is 7.67. The molecule has 0 saturated heterocycles. The van der Waals surface area contributed by atoms with Crippen molar-refractivity contribution in [2.45, 2.75) is 13.3 Å². The van der Waals surface area contributed by atoms with E-state index in [0.29, 0.717) is 5.75 Å². The highest BCUT2D eigenvalue weighted by Crippen LogP contribution is 2.31. The fourth-order valence-electron chi connectivity index (χ4n) is 1.55. The highest BCUT2D eigenvalue weighted by Gasteiger charge is 2.10. The second-order valence-electron chi connectivity index (χ2n) is 3.25. The Balaban J connectivity index is 2.49. The van der Waals surface area contributed by atoms with Gasteiger partial charge in [0.1, 0.15) is 5.75 Å². The first kappa shape index (κ1) is 8.17. The molecule has 0 spiro atoms. The minimum atomic E-state index is 0.357. The van der Waals surface area contributed by atoms with Crippen LogP contribution in [-0.2, 0) is 0 Å². The van der Waals surface area contributed by atoms with E-state index in [2.05, 4.69) is 18.3 Å². The quantitative estimate of drug-likeness (QED) is 0.687. The minimum absolute atomic E-state index is 0.357. The Bertz CT molecular complexity index is 355. The van der Waals surface area contributed by atoms with Gasteiger partial charge in [0.25, 0.3) is 0 Å². The van der Waals surface area contributed by atoms with Crippen molar-refractivity contribution in [2.24, 2.45) is 0 Å². The van der Waals surface area contributed by atoms with Gasteiger partial charge in [0.05, 0.1) is 0 Å². The molecule has 0 saturated carbocycles. The summed E-state index contributed by atoms with van der Waals surface area (Å²) in [6.07, 6.45) is 3.10. The molecule has 1 aromatic carbocycles. The van der Waals surface area contributed by atoms with E-state index in [9.17, 15) is 5.11 Å². The van der Waals surface area contributed by atoms with Crippen molar-refractivity contribution in [3.63, 3.8) is 0 Å². The molecule has 0 atom stereocenters. The monoisotopic (exact) mass is 175 g/mol. The lowest BCUT2D eigenvalue weighted by Crippen LogP contribution is -2.09. The molecule has 0 aliphatic carbocycles. The molecule has 0 fully saturated rings. The van der Waals surface area contributed by atoms with Crippen LogP contribution >= 0.6 is 0 Å². The molecule has 2 nitrogen and oxygen atoms in total. The van der Waals surface area contributed by atoms with Crippen molar-refractivity contribution in [3.05, 3.63) is 29.3 Å². The van der Waals surface area contributed by atoms with Gasteiger partial charge in [-0.3, -0.25) is 0 Å². The molecular weight excluding hydrogens is 162 g/mol. The first-order valence-corrected chi connectivity index (χ1v) is 4.56.